The van der Waals surface area contributed by atoms with Crippen molar-refractivity contribution < 1.29 is 8.91 Å². The molecule has 1 aromatic heterocycles. The van der Waals surface area contributed by atoms with Gasteiger partial charge >= 0.3 is 0 Å². The third-order valence-electron chi connectivity index (χ3n) is 1.78. The van der Waals surface area contributed by atoms with Gasteiger partial charge in [-0.3, -0.25) is 0 Å². The van der Waals surface area contributed by atoms with E-state index in [-0.39, 0.29) is 11.2 Å². The molecule has 0 unspecified atom stereocenters. The molecule has 5 heteroatoms. The van der Waals surface area contributed by atoms with Crippen LogP contribution in [0.15, 0.2) is 21.6 Å². The Morgan fingerprint density at radius 3 is 3.00 bits per heavy atom. The van der Waals surface area contributed by atoms with Crippen LogP contribution in [0.2, 0.25) is 0 Å². The molecule has 68 valence electrons. The second-order valence-corrected chi connectivity index (χ2v) is 3.37. The van der Waals surface area contributed by atoms with Gasteiger partial charge in [-0.15, -0.1) is 11.8 Å². The lowest BCUT2D eigenvalue weighted by Gasteiger charge is -1.96. The summed E-state index contributed by atoms with van der Waals surface area (Å²) in [6.45, 7) is 0. The van der Waals surface area contributed by atoms with Gasteiger partial charge in [0, 0.05) is 0 Å². The minimum atomic E-state index is -0.397. The Kier molecular flexibility index (Phi) is 1.88. The molecule has 2 aromatic rings. The number of nitrogens with zero attached hydrogens (tertiary/aromatic N) is 1. The molecule has 0 radical (unpaired) electrons. The lowest BCUT2D eigenvalue weighted by Crippen LogP contribution is -1.86. The van der Waals surface area contributed by atoms with Crippen molar-refractivity contribution in [3.05, 3.63) is 17.9 Å². The van der Waals surface area contributed by atoms with E-state index in [1.54, 1.807) is 6.07 Å². The second kappa shape index (κ2) is 2.92. The zero-order valence-electron chi connectivity index (χ0n) is 6.87. The van der Waals surface area contributed by atoms with E-state index in [4.69, 9.17) is 10.3 Å². The minimum absolute atomic E-state index is 0.100. The number of halogens is 1. The summed E-state index contributed by atoms with van der Waals surface area (Å²) in [5, 5.41) is 3.78. The number of hydrogen-bond donors (Lipinski definition) is 1. The SMILES string of the molecule is CSc1ccc(F)c2c(N)noc12. The van der Waals surface area contributed by atoms with E-state index in [0.29, 0.717) is 5.58 Å². The molecule has 0 bridgehead atoms. The van der Waals surface area contributed by atoms with Gasteiger partial charge in [0.15, 0.2) is 11.4 Å². The van der Waals surface area contributed by atoms with E-state index in [1.807, 2.05) is 6.26 Å². The number of aromatic nitrogens is 1. The number of nitrogens with two attached hydrogens (primary N) is 1. The molecule has 0 aliphatic rings. The molecular formula is C8H7FN2OS. The fraction of sp³-hybridized carbons (Fsp3) is 0.125. The third-order valence-corrected chi connectivity index (χ3v) is 2.54. The van der Waals surface area contributed by atoms with Gasteiger partial charge in [-0.05, 0) is 18.4 Å². The third kappa shape index (κ3) is 1.16. The van der Waals surface area contributed by atoms with Gasteiger partial charge in [0.2, 0.25) is 0 Å². The average Bonchev–Trinajstić information content (AvgIpc) is 2.50. The van der Waals surface area contributed by atoms with Crippen molar-refractivity contribution in [3.8, 4) is 0 Å². The Hall–Kier alpha value is -1.23. The second-order valence-electron chi connectivity index (χ2n) is 2.52. The molecule has 0 saturated carbocycles. The molecule has 13 heavy (non-hydrogen) atoms. The highest BCUT2D eigenvalue weighted by Crippen LogP contribution is 2.31. The predicted octanol–water partition coefficient (Wildman–Crippen LogP) is 2.27. The molecule has 1 heterocycles. The van der Waals surface area contributed by atoms with Crippen LogP contribution < -0.4 is 5.73 Å². The predicted molar refractivity (Wildman–Crippen MR) is 50.2 cm³/mol. The van der Waals surface area contributed by atoms with Crippen LogP contribution in [0.3, 0.4) is 0 Å². The highest BCUT2D eigenvalue weighted by atomic mass is 32.2. The zero-order valence-corrected chi connectivity index (χ0v) is 7.69. The Labute approximate surface area is 78.1 Å². The summed E-state index contributed by atoms with van der Waals surface area (Å²) < 4.78 is 18.1. The number of benzene rings is 1. The summed E-state index contributed by atoms with van der Waals surface area (Å²) in [4.78, 5) is 0.834. The van der Waals surface area contributed by atoms with Crippen LogP contribution in [0.4, 0.5) is 10.2 Å². The van der Waals surface area contributed by atoms with Crippen LogP contribution in [-0.2, 0) is 0 Å². The van der Waals surface area contributed by atoms with Crippen LogP contribution in [0, 0.1) is 5.82 Å². The quantitative estimate of drug-likeness (QED) is 0.714. The summed E-state index contributed by atoms with van der Waals surface area (Å²) in [5.41, 5.74) is 5.87. The average molecular weight is 198 g/mol. The van der Waals surface area contributed by atoms with Gasteiger partial charge in [0.05, 0.1) is 4.90 Å². The number of fused-ring (bicyclic) bond motifs is 1. The van der Waals surface area contributed by atoms with Gasteiger partial charge in [0.25, 0.3) is 0 Å². The molecule has 3 nitrogen and oxygen atoms in total. The first-order chi connectivity index (χ1) is 6.24. The maximum atomic E-state index is 13.2. The fourth-order valence-electron chi connectivity index (χ4n) is 1.17. The van der Waals surface area contributed by atoms with Crippen molar-refractivity contribution in [3.63, 3.8) is 0 Å². The van der Waals surface area contributed by atoms with Crippen molar-refractivity contribution in [2.45, 2.75) is 4.90 Å². The summed E-state index contributed by atoms with van der Waals surface area (Å²) in [6, 6.07) is 3.01. The van der Waals surface area contributed by atoms with Gasteiger partial charge in [0.1, 0.15) is 11.2 Å². The maximum absolute atomic E-state index is 13.2. The molecular weight excluding hydrogens is 191 g/mol. The fourth-order valence-corrected chi connectivity index (χ4v) is 1.70. The molecule has 0 aliphatic heterocycles. The molecule has 0 saturated heterocycles. The number of rotatable bonds is 1. The topological polar surface area (TPSA) is 52.0 Å². The molecule has 0 amide bonds. The summed E-state index contributed by atoms with van der Waals surface area (Å²) in [5.74, 6) is -0.296. The van der Waals surface area contributed by atoms with E-state index in [2.05, 4.69) is 5.16 Å². The van der Waals surface area contributed by atoms with Crippen molar-refractivity contribution in [2.24, 2.45) is 0 Å². The van der Waals surface area contributed by atoms with E-state index in [0.717, 1.165) is 4.90 Å². The number of anilines is 1. The lowest BCUT2D eigenvalue weighted by molar-refractivity contribution is 0.455. The maximum Gasteiger partial charge on any atom is 0.185 e. The molecule has 0 atom stereocenters. The standard InChI is InChI=1S/C8H7FN2OS/c1-13-5-3-2-4(9)6-7(5)12-11-8(6)10/h2-3H,1H3,(H2,10,11). The monoisotopic (exact) mass is 198 g/mol. The van der Waals surface area contributed by atoms with Crippen molar-refractivity contribution in [1.82, 2.24) is 5.16 Å². The highest BCUT2D eigenvalue weighted by molar-refractivity contribution is 7.98. The molecule has 0 fully saturated rings. The summed E-state index contributed by atoms with van der Waals surface area (Å²) in [7, 11) is 0. The number of thioether (sulfide) groups is 1. The Morgan fingerprint density at radius 1 is 1.54 bits per heavy atom. The highest BCUT2D eigenvalue weighted by Gasteiger charge is 2.13. The van der Waals surface area contributed by atoms with Crippen LogP contribution in [0.5, 0.6) is 0 Å². The van der Waals surface area contributed by atoms with Crippen molar-refractivity contribution >= 4 is 28.5 Å². The van der Waals surface area contributed by atoms with Crippen LogP contribution in [0.1, 0.15) is 0 Å². The first-order valence-corrected chi connectivity index (χ1v) is 4.84. The summed E-state index contributed by atoms with van der Waals surface area (Å²) >= 11 is 1.46. The smallest absolute Gasteiger partial charge is 0.185 e. The minimum Gasteiger partial charge on any atom is -0.380 e. The first-order valence-electron chi connectivity index (χ1n) is 3.61. The number of hydrogen-bond acceptors (Lipinski definition) is 4. The lowest BCUT2D eigenvalue weighted by atomic mass is 10.2. The van der Waals surface area contributed by atoms with Crippen LogP contribution >= 0.6 is 11.8 Å². The van der Waals surface area contributed by atoms with Crippen molar-refractivity contribution in [2.75, 3.05) is 12.0 Å². The molecule has 0 spiro atoms. The van der Waals surface area contributed by atoms with Gasteiger partial charge in [-0.1, -0.05) is 5.16 Å². The van der Waals surface area contributed by atoms with Gasteiger partial charge in [-0.2, -0.15) is 0 Å². The first kappa shape index (κ1) is 8.37. The zero-order chi connectivity index (χ0) is 9.42. The Bertz CT molecular complexity index is 455. The van der Waals surface area contributed by atoms with Gasteiger partial charge < -0.3 is 10.3 Å². The Balaban J connectivity index is 2.87. The Morgan fingerprint density at radius 2 is 2.31 bits per heavy atom. The molecule has 1 aromatic carbocycles. The van der Waals surface area contributed by atoms with E-state index in [1.165, 1.54) is 17.8 Å². The summed E-state index contributed by atoms with van der Waals surface area (Å²) in [6.07, 6.45) is 1.88. The number of nitrogen functional groups attached to an aromatic ring is 1. The van der Waals surface area contributed by atoms with Crippen LogP contribution in [0.25, 0.3) is 11.0 Å². The van der Waals surface area contributed by atoms with Crippen molar-refractivity contribution in [1.29, 1.82) is 0 Å². The normalized spacial score (nSPS) is 10.9. The van der Waals surface area contributed by atoms with Gasteiger partial charge in [-0.25, -0.2) is 4.39 Å². The molecule has 2 N–H and O–H groups in total. The van der Waals surface area contributed by atoms with E-state index < -0.39 is 5.82 Å². The van der Waals surface area contributed by atoms with Crippen LogP contribution in [-0.4, -0.2) is 11.4 Å². The molecule has 2 rings (SSSR count). The van der Waals surface area contributed by atoms with E-state index in [9.17, 15) is 4.39 Å². The molecule has 0 aliphatic carbocycles. The van der Waals surface area contributed by atoms with E-state index >= 15 is 0 Å². The largest absolute Gasteiger partial charge is 0.380 e.